The monoisotopic (exact) mass is 258 g/mol. The summed E-state index contributed by atoms with van der Waals surface area (Å²) in [6, 6.07) is 17.4. The molecule has 4 nitrogen and oxygen atoms in total. The molecule has 2 rings (SSSR count). The Labute approximate surface area is 113 Å². The van der Waals surface area contributed by atoms with Gasteiger partial charge in [-0.1, -0.05) is 30.3 Å². The van der Waals surface area contributed by atoms with Gasteiger partial charge in [-0.25, -0.2) is 5.43 Å². The van der Waals surface area contributed by atoms with Gasteiger partial charge < -0.3 is 9.47 Å². The standard InChI is InChI=1S/C15H18N2O2/c1-18-13-9-7-12(8-10-13)15(17-16)11-19-14-5-3-2-4-6-14/h2-10,15,17H,11,16H2,1H3. The number of nitrogens with two attached hydrogens (primary N) is 1. The molecular formula is C15H18N2O2. The first-order valence-electron chi connectivity index (χ1n) is 6.11. The van der Waals surface area contributed by atoms with Crippen LogP contribution in [-0.2, 0) is 0 Å². The Morgan fingerprint density at radius 3 is 2.26 bits per heavy atom. The summed E-state index contributed by atoms with van der Waals surface area (Å²) in [6.07, 6.45) is 0. The summed E-state index contributed by atoms with van der Waals surface area (Å²) in [5, 5.41) is 0. The van der Waals surface area contributed by atoms with E-state index in [9.17, 15) is 0 Å². The highest BCUT2D eigenvalue weighted by molar-refractivity contribution is 5.29. The number of hydrogen-bond acceptors (Lipinski definition) is 4. The fraction of sp³-hybridized carbons (Fsp3) is 0.200. The quantitative estimate of drug-likeness (QED) is 0.616. The van der Waals surface area contributed by atoms with E-state index in [-0.39, 0.29) is 6.04 Å². The lowest BCUT2D eigenvalue weighted by atomic mass is 10.1. The molecule has 0 aromatic heterocycles. The van der Waals surface area contributed by atoms with Gasteiger partial charge in [0.25, 0.3) is 0 Å². The first kappa shape index (κ1) is 13.4. The summed E-state index contributed by atoms with van der Waals surface area (Å²) >= 11 is 0. The average molecular weight is 258 g/mol. The van der Waals surface area contributed by atoms with Gasteiger partial charge in [0, 0.05) is 0 Å². The van der Waals surface area contributed by atoms with Crippen molar-refractivity contribution in [1.82, 2.24) is 5.43 Å². The Balaban J connectivity index is 1.99. The van der Waals surface area contributed by atoms with Crippen LogP contribution < -0.4 is 20.7 Å². The topological polar surface area (TPSA) is 56.5 Å². The maximum atomic E-state index is 5.70. The molecule has 0 saturated carbocycles. The second-order valence-corrected chi connectivity index (χ2v) is 4.12. The van der Waals surface area contributed by atoms with Crippen molar-refractivity contribution in [1.29, 1.82) is 0 Å². The Bertz CT molecular complexity index is 485. The van der Waals surface area contributed by atoms with Gasteiger partial charge in [-0.2, -0.15) is 0 Å². The Morgan fingerprint density at radius 2 is 1.68 bits per heavy atom. The molecule has 2 aromatic carbocycles. The van der Waals surface area contributed by atoms with E-state index in [1.165, 1.54) is 0 Å². The van der Waals surface area contributed by atoms with E-state index in [4.69, 9.17) is 15.3 Å². The minimum absolute atomic E-state index is 0.0638. The number of nitrogens with one attached hydrogen (secondary N) is 1. The minimum Gasteiger partial charge on any atom is -0.497 e. The van der Waals surface area contributed by atoms with E-state index in [0.717, 1.165) is 17.1 Å². The maximum absolute atomic E-state index is 5.70. The van der Waals surface area contributed by atoms with Crippen LogP contribution in [0.3, 0.4) is 0 Å². The number of para-hydroxylation sites is 1. The number of ether oxygens (including phenoxy) is 2. The van der Waals surface area contributed by atoms with Crippen molar-refractivity contribution >= 4 is 0 Å². The molecular weight excluding hydrogens is 240 g/mol. The maximum Gasteiger partial charge on any atom is 0.119 e. The Morgan fingerprint density at radius 1 is 1.00 bits per heavy atom. The Kier molecular flexibility index (Phi) is 4.78. The zero-order valence-corrected chi connectivity index (χ0v) is 10.9. The average Bonchev–Trinajstić information content (AvgIpc) is 2.49. The Hall–Kier alpha value is -2.04. The first-order chi connectivity index (χ1) is 9.33. The third-order valence-corrected chi connectivity index (χ3v) is 2.88. The van der Waals surface area contributed by atoms with Gasteiger partial charge >= 0.3 is 0 Å². The van der Waals surface area contributed by atoms with Gasteiger partial charge in [0.1, 0.15) is 18.1 Å². The van der Waals surface area contributed by atoms with Crippen LogP contribution in [0.5, 0.6) is 11.5 Å². The van der Waals surface area contributed by atoms with Crippen molar-refractivity contribution in [3.63, 3.8) is 0 Å². The molecule has 0 fully saturated rings. The molecule has 1 unspecified atom stereocenters. The van der Waals surface area contributed by atoms with Crippen LogP contribution in [0, 0.1) is 0 Å². The second kappa shape index (κ2) is 6.78. The molecule has 0 saturated heterocycles. The molecule has 0 aliphatic heterocycles. The molecule has 3 N–H and O–H groups in total. The van der Waals surface area contributed by atoms with E-state index >= 15 is 0 Å². The normalized spacial score (nSPS) is 11.9. The number of methoxy groups -OCH3 is 1. The predicted octanol–water partition coefficient (Wildman–Crippen LogP) is 2.28. The van der Waals surface area contributed by atoms with Crippen molar-refractivity contribution in [2.24, 2.45) is 5.84 Å². The molecule has 0 aliphatic carbocycles. The lowest BCUT2D eigenvalue weighted by molar-refractivity contribution is 0.267. The van der Waals surface area contributed by atoms with Crippen LogP contribution in [0.15, 0.2) is 54.6 Å². The van der Waals surface area contributed by atoms with Gasteiger partial charge in [0.2, 0.25) is 0 Å². The van der Waals surface area contributed by atoms with Gasteiger partial charge in [0.15, 0.2) is 0 Å². The third kappa shape index (κ3) is 3.71. The molecule has 4 heteroatoms. The number of rotatable bonds is 6. The fourth-order valence-electron chi connectivity index (χ4n) is 1.77. The zero-order valence-electron chi connectivity index (χ0n) is 10.9. The van der Waals surface area contributed by atoms with Gasteiger partial charge in [0.05, 0.1) is 13.2 Å². The highest BCUT2D eigenvalue weighted by Gasteiger charge is 2.10. The molecule has 0 radical (unpaired) electrons. The van der Waals surface area contributed by atoms with Crippen molar-refractivity contribution in [3.8, 4) is 11.5 Å². The van der Waals surface area contributed by atoms with Crippen LogP contribution in [0.25, 0.3) is 0 Å². The van der Waals surface area contributed by atoms with Gasteiger partial charge in [-0.3, -0.25) is 5.84 Å². The molecule has 0 heterocycles. The van der Waals surface area contributed by atoms with Gasteiger partial charge in [-0.15, -0.1) is 0 Å². The van der Waals surface area contributed by atoms with Crippen LogP contribution in [-0.4, -0.2) is 13.7 Å². The van der Waals surface area contributed by atoms with Crippen LogP contribution in [0.4, 0.5) is 0 Å². The van der Waals surface area contributed by atoms with E-state index in [1.54, 1.807) is 7.11 Å². The molecule has 100 valence electrons. The molecule has 0 bridgehead atoms. The molecule has 0 amide bonds. The summed E-state index contributed by atoms with van der Waals surface area (Å²) in [5.74, 6) is 7.23. The first-order valence-corrected chi connectivity index (χ1v) is 6.11. The van der Waals surface area contributed by atoms with E-state index in [2.05, 4.69) is 5.43 Å². The molecule has 19 heavy (non-hydrogen) atoms. The molecule has 0 aliphatic rings. The van der Waals surface area contributed by atoms with E-state index in [0.29, 0.717) is 6.61 Å². The largest absolute Gasteiger partial charge is 0.497 e. The number of benzene rings is 2. The fourth-order valence-corrected chi connectivity index (χ4v) is 1.77. The van der Waals surface area contributed by atoms with Crippen molar-refractivity contribution in [3.05, 3.63) is 60.2 Å². The molecule has 2 aromatic rings. The highest BCUT2D eigenvalue weighted by Crippen LogP contribution is 2.18. The zero-order chi connectivity index (χ0) is 13.5. The summed E-state index contributed by atoms with van der Waals surface area (Å²) < 4.78 is 10.8. The van der Waals surface area contributed by atoms with Crippen LogP contribution in [0.2, 0.25) is 0 Å². The highest BCUT2D eigenvalue weighted by atomic mass is 16.5. The van der Waals surface area contributed by atoms with Crippen LogP contribution in [0.1, 0.15) is 11.6 Å². The van der Waals surface area contributed by atoms with Crippen molar-refractivity contribution < 1.29 is 9.47 Å². The summed E-state index contributed by atoms with van der Waals surface area (Å²) in [6.45, 7) is 0.465. The lowest BCUT2D eigenvalue weighted by Crippen LogP contribution is -2.32. The van der Waals surface area contributed by atoms with Crippen molar-refractivity contribution in [2.45, 2.75) is 6.04 Å². The van der Waals surface area contributed by atoms with E-state index in [1.807, 2.05) is 54.6 Å². The van der Waals surface area contributed by atoms with Crippen LogP contribution >= 0.6 is 0 Å². The SMILES string of the molecule is COc1ccc(C(COc2ccccc2)NN)cc1. The smallest absolute Gasteiger partial charge is 0.119 e. The molecule has 1 atom stereocenters. The summed E-state index contributed by atoms with van der Waals surface area (Å²) in [4.78, 5) is 0. The summed E-state index contributed by atoms with van der Waals surface area (Å²) in [7, 11) is 1.65. The van der Waals surface area contributed by atoms with E-state index < -0.39 is 0 Å². The number of hydrazine groups is 1. The summed E-state index contributed by atoms with van der Waals surface area (Å²) in [5.41, 5.74) is 3.82. The van der Waals surface area contributed by atoms with Crippen molar-refractivity contribution in [2.75, 3.05) is 13.7 Å². The second-order valence-electron chi connectivity index (χ2n) is 4.12. The lowest BCUT2D eigenvalue weighted by Gasteiger charge is -2.17. The number of hydrogen-bond donors (Lipinski definition) is 2. The predicted molar refractivity (Wildman–Crippen MR) is 75.0 cm³/mol. The third-order valence-electron chi connectivity index (χ3n) is 2.88. The minimum atomic E-state index is -0.0638. The van der Waals surface area contributed by atoms with Gasteiger partial charge in [-0.05, 0) is 29.8 Å². The molecule has 0 spiro atoms.